The number of carboxylic acids is 1. The summed E-state index contributed by atoms with van der Waals surface area (Å²) in [7, 11) is 0. The van der Waals surface area contributed by atoms with E-state index in [1.165, 1.54) is 12.1 Å². The van der Waals surface area contributed by atoms with E-state index in [0.717, 1.165) is 11.0 Å². The van der Waals surface area contributed by atoms with Gasteiger partial charge in [-0.15, -0.1) is 0 Å². The van der Waals surface area contributed by atoms with E-state index >= 15 is 0 Å². The van der Waals surface area contributed by atoms with Gasteiger partial charge in [0.15, 0.2) is 0 Å². The highest BCUT2D eigenvalue weighted by Gasteiger charge is 2.21. The smallest absolute Gasteiger partial charge is 0.337 e. The number of urea groups is 1. The molecule has 0 atom stereocenters. The molecule has 4 N–H and O–H groups in total. The van der Waals surface area contributed by atoms with Crippen LogP contribution in [0.4, 0.5) is 16.2 Å². The average Bonchev–Trinajstić information content (AvgIpc) is 2.41. The Morgan fingerprint density at radius 3 is 2.25 bits per heavy atom. The third kappa shape index (κ3) is 2.54. The molecule has 0 aliphatic rings. The first-order chi connectivity index (χ1) is 9.50. The minimum Gasteiger partial charge on any atom is -0.508 e. The predicted octanol–water partition coefficient (Wildman–Crippen LogP) is 2.31. The lowest BCUT2D eigenvalue weighted by Gasteiger charge is -2.22. The fraction of sp³-hybridized carbons (Fsp3) is 0. The molecule has 0 saturated heterocycles. The average molecular weight is 272 g/mol. The minimum absolute atomic E-state index is 0.0917. The number of amides is 2. The molecule has 0 fully saturated rings. The van der Waals surface area contributed by atoms with E-state index in [0.29, 0.717) is 5.69 Å². The number of hydrogen-bond acceptors (Lipinski definition) is 3. The van der Waals surface area contributed by atoms with Gasteiger partial charge in [0.1, 0.15) is 5.75 Å². The summed E-state index contributed by atoms with van der Waals surface area (Å²) in [6.07, 6.45) is 0. The van der Waals surface area contributed by atoms with Crippen LogP contribution in [0.3, 0.4) is 0 Å². The summed E-state index contributed by atoms with van der Waals surface area (Å²) in [6, 6.07) is 11.3. The number of benzene rings is 2. The zero-order valence-corrected chi connectivity index (χ0v) is 10.4. The Labute approximate surface area is 114 Å². The Morgan fingerprint density at radius 2 is 1.70 bits per heavy atom. The Kier molecular flexibility index (Phi) is 3.56. The standard InChI is InChI=1S/C14H12N2O4/c15-14(20)16(9-4-2-1-3-5-9)12-7-6-10(17)8-11(12)13(18)19/h1-8,17H,(H2,15,20)(H,18,19). The van der Waals surface area contributed by atoms with Crippen molar-refractivity contribution < 1.29 is 19.8 Å². The van der Waals surface area contributed by atoms with Crippen LogP contribution in [0.15, 0.2) is 48.5 Å². The topological polar surface area (TPSA) is 104 Å². The van der Waals surface area contributed by atoms with Gasteiger partial charge in [-0.2, -0.15) is 0 Å². The van der Waals surface area contributed by atoms with Crippen LogP contribution in [0.25, 0.3) is 0 Å². The summed E-state index contributed by atoms with van der Waals surface area (Å²) in [5, 5.41) is 18.6. The van der Waals surface area contributed by atoms with Crippen molar-refractivity contribution in [1.82, 2.24) is 0 Å². The van der Waals surface area contributed by atoms with Crippen molar-refractivity contribution >= 4 is 23.4 Å². The van der Waals surface area contributed by atoms with Crippen LogP contribution < -0.4 is 10.6 Å². The first-order valence-corrected chi connectivity index (χ1v) is 5.71. The van der Waals surface area contributed by atoms with E-state index < -0.39 is 12.0 Å². The van der Waals surface area contributed by atoms with Crippen molar-refractivity contribution in [2.45, 2.75) is 0 Å². The van der Waals surface area contributed by atoms with Crippen LogP contribution in [0.2, 0.25) is 0 Å². The summed E-state index contributed by atoms with van der Waals surface area (Å²) in [5.74, 6) is -1.47. The molecular formula is C14H12N2O4. The number of carbonyl (C=O) groups excluding carboxylic acids is 1. The van der Waals surface area contributed by atoms with Crippen LogP contribution in [-0.2, 0) is 0 Å². The zero-order valence-electron chi connectivity index (χ0n) is 10.4. The van der Waals surface area contributed by atoms with Gasteiger partial charge in [0, 0.05) is 0 Å². The van der Waals surface area contributed by atoms with Crippen molar-refractivity contribution in [3.63, 3.8) is 0 Å². The van der Waals surface area contributed by atoms with Crippen LogP contribution in [0, 0.1) is 0 Å². The molecule has 0 saturated carbocycles. The highest BCUT2D eigenvalue weighted by Crippen LogP contribution is 2.30. The van der Waals surface area contributed by atoms with Gasteiger partial charge in [0.25, 0.3) is 0 Å². The first kappa shape index (κ1) is 13.4. The molecule has 2 rings (SSSR count). The number of carboxylic acid groups (broad SMARTS) is 1. The monoisotopic (exact) mass is 272 g/mol. The van der Waals surface area contributed by atoms with E-state index in [9.17, 15) is 19.8 Å². The Morgan fingerprint density at radius 1 is 1.05 bits per heavy atom. The number of primary amides is 1. The highest BCUT2D eigenvalue weighted by atomic mass is 16.4. The number of carbonyl (C=O) groups is 2. The van der Waals surface area contributed by atoms with Crippen molar-refractivity contribution in [3.8, 4) is 5.75 Å². The Bertz CT molecular complexity index is 655. The van der Waals surface area contributed by atoms with Gasteiger partial charge in [0.05, 0.1) is 16.9 Å². The summed E-state index contributed by atoms with van der Waals surface area (Å²) in [4.78, 5) is 24.0. The van der Waals surface area contributed by atoms with Crippen LogP contribution >= 0.6 is 0 Å². The van der Waals surface area contributed by atoms with Gasteiger partial charge in [-0.25, -0.2) is 9.59 Å². The van der Waals surface area contributed by atoms with E-state index in [1.54, 1.807) is 30.3 Å². The molecule has 0 aliphatic carbocycles. The summed E-state index contributed by atoms with van der Waals surface area (Å²) in [6.45, 7) is 0. The van der Waals surface area contributed by atoms with E-state index in [-0.39, 0.29) is 17.0 Å². The fourth-order valence-electron chi connectivity index (χ4n) is 1.85. The molecule has 6 heteroatoms. The largest absolute Gasteiger partial charge is 0.508 e. The molecule has 102 valence electrons. The van der Waals surface area contributed by atoms with Crippen LogP contribution in [-0.4, -0.2) is 22.2 Å². The quantitative estimate of drug-likeness (QED) is 0.797. The maximum Gasteiger partial charge on any atom is 0.337 e. The lowest BCUT2D eigenvalue weighted by Crippen LogP contribution is -2.32. The molecule has 0 unspecified atom stereocenters. The number of phenols is 1. The van der Waals surface area contributed by atoms with Gasteiger partial charge < -0.3 is 15.9 Å². The number of aromatic carboxylic acids is 1. The van der Waals surface area contributed by atoms with Gasteiger partial charge in [-0.1, -0.05) is 18.2 Å². The number of nitrogens with zero attached hydrogens (tertiary/aromatic N) is 1. The maximum absolute atomic E-state index is 11.7. The summed E-state index contributed by atoms with van der Waals surface area (Å²) in [5.41, 5.74) is 5.65. The van der Waals surface area contributed by atoms with Crippen molar-refractivity contribution in [1.29, 1.82) is 0 Å². The highest BCUT2D eigenvalue weighted by molar-refractivity contribution is 6.05. The number of aromatic hydroxyl groups is 1. The molecule has 0 aromatic heterocycles. The second kappa shape index (κ2) is 5.31. The Balaban J connectivity index is 2.62. The van der Waals surface area contributed by atoms with Crippen LogP contribution in [0.5, 0.6) is 5.75 Å². The molecule has 0 bridgehead atoms. The van der Waals surface area contributed by atoms with Crippen molar-refractivity contribution in [2.75, 3.05) is 4.90 Å². The lowest BCUT2D eigenvalue weighted by molar-refractivity contribution is 0.0697. The second-order valence-electron chi connectivity index (χ2n) is 4.02. The third-order valence-corrected chi connectivity index (χ3v) is 2.69. The molecule has 0 heterocycles. The molecule has 0 aliphatic heterocycles. The van der Waals surface area contributed by atoms with Crippen molar-refractivity contribution in [3.05, 3.63) is 54.1 Å². The number of phenolic OH excluding ortho intramolecular Hbond substituents is 1. The maximum atomic E-state index is 11.7. The minimum atomic E-state index is -1.27. The lowest BCUT2D eigenvalue weighted by atomic mass is 10.1. The molecule has 2 amide bonds. The molecule has 6 nitrogen and oxygen atoms in total. The molecular weight excluding hydrogens is 260 g/mol. The van der Waals surface area contributed by atoms with Gasteiger partial charge in [0.2, 0.25) is 0 Å². The zero-order chi connectivity index (χ0) is 14.7. The summed E-state index contributed by atoms with van der Waals surface area (Å²) < 4.78 is 0. The molecule has 2 aromatic rings. The van der Waals surface area contributed by atoms with Crippen LogP contribution in [0.1, 0.15) is 10.4 Å². The summed E-state index contributed by atoms with van der Waals surface area (Å²) >= 11 is 0. The predicted molar refractivity (Wildman–Crippen MR) is 73.2 cm³/mol. The normalized spacial score (nSPS) is 10.0. The number of rotatable bonds is 3. The number of hydrogen-bond donors (Lipinski definition) is 3. The molecule has 20 heavy (non-hydrogen) atoms. The second-order valence-corrected chi connectivity index (χ2v) is 4.02. The molecule has 0 radical (unpaired) electrons. The molecule has 2 aromatic carbocycles. The van der Waals surface area contributed by atoms with E-state index in [2.05, 4.69) is 0 Å². The van der Waals surface area contributed by atoms with Gasteiger partial charge >= 0.3 is 12.0 Å². The SMILES string of the molecule is NC(=O)N(c1ccccc1)c1ccc(O)cc1C(=O)O. The number of anilines is 2. The van der Waals surface area contributed by atoms with Crippen molar-refractivity contribution in [2.24, 2.45) is 5.73 Å². The van der Waals surface area contributed by atoms with E-state index in [4.69, 9.17) is 5.73 Å². The number of nitrogens with two attached hydrogens (primary N) is 1. The first-order valence-electron chi connectivity index (χ1n) is 5.71. The van der Waals surface area contributed by atoms with Gasteiger partial charge in [-0.05, 0) is 30.3 Å². The third-order valence-electron chi connectivity index (χ3n) is 2.69. The Hall–Kier alpha value is -3.02. The van der Waals surface area contributed by atoms with E-state index in [1.807, 2.05) is 0 Å². The van der Waals surface area contributed by atoms with Gasteiger partial charge in [-0.3, -0.25) is 4.90 Å². The fourth-order valence-corrected chi connectivity index (χ4v) is 1.85. The number of para-hydroxylation sites is 1. The molecule has 0 spiro atoms.